The summed E-state index contributed by atoms with van der Waals surface area (Å²) in [6.45, 7) is 1.31. The fourth-order valence-corrected chi connectivity index (χ4v) is 0.853. The molecule has 5 heteroatoms. The van der Waals surface area contributed by atoms with E-state index in [0.29, 0.717) is 5.56 Å². The van der Waals surface area contributed by atoms with Crippen LogP contribution in [0, 0.1) is 0 Å². The minimum Gasteiger partial charge on any atom is -1.00 e. The Kier molecular flexibility index (Phi) is 6.24. The van der Waals surface area contributed by atoms with Crippen LogP contribution in [0.5, 0.6) is 0 Å². The van der Waals surface area contributed by atoms with E-state index >= 15 is 0 Å². The summed E-state index contributed by atoms with van der Waals surface area (Å²) in [7, 11) is 0. The van der Waals surface area contributed by atoms with Crippen LogP contribution >= 0.6 is 0 Å². The minimum absolute atomic E-state index is 0. The van der Waals surface area contributed by atoms with Gasteiger partial charge in [0.2, 0.25) is 0 Å². The monoisotopic (exact) mass is 218 g/mol. The summed E-state index contributed by atoms with van der Waals surface area (Å²) in [5.41, 5.74) is 0.348. The second-order valence-corrected chi connectivity index (χ2v) is 2.75. The van der Waals surface area contributed by atoms with Crippen molar-refractivity contribution >= 4 is 11.9 Å². The Labute approximate surface area is 111 Å². The van der Waals surface area contributed by atoms with Gasteiger partial charge in [-0.2, -0.15) is 0 Å². The van der Waals surface area contributed by atoms with Crippen LogP contribution in [0.4, 0.5) is 0 Å². The predicted molar refractivity (Wildman–Crippen MR) is 50.1 cm³/mol. The normalized spacial score (nSPS) is 11.0. The van der Waals surface area contributed by atoms with E-state index in [-0.39, 0.29) is 31.0 Å². The zero-order valence-electron chi connectivity index (χ0n) is 9.64. The number of benzene rings is 1. The van der Waals surface area contributed by atoms with Gasteiger partial charge in [0.1, 0.15) is 0 Å². The summed E-state index contributed by atoms with van der Waals surface area (Å²) < 4.78 is 4.66. The summed E-state index contributed by atoms with van der Waals surface area (Å²) in [6.07, 6.45) is -1.12. The first-order valence-electron chi connectivity index (χ1n) is 4.10. The average molecular weight is 218 g/mol. The van der Waals surface area contributed by atoms with Gasteiger partial charge in [-0.25, -0.2) is 9.59 Å². The number of hydrogen-bond acceptors (Lipinski definition) is 3. The Morgan fingerprint density at radius 2 is 1.87 bits per heavy atom. The number of carbonyl (C=O) groups is 2. The number of ether oxygens (including phenoxy) is 1. The molecule has 0 saturated carbocycles. The zero-order chi connectivity index (χ0) is 10.6. The molecule has 1 aromatic rings. The van der Waals surface area contributed by atoms with Gasteiger partial charge in [0.05, 0.1) is 5.56 Å². The summed E-state index contributed by atoms with van der Waals surface area (Å²) in [6, 6.07) is 8.26. The van der Waals surface area contributed by atoms with E-state index in [2.05, 4.69) is 4.74 Å². The molecule has 0 aromatic heterocycles. The minimum atomic E-state index is -1.16. The molecule has 1 rings (SSSR count). The molecule has 0 fully saturated rings. The Hall–Kier alpha value is -0.840. The molecule has 1 aromatic carbocycles. The summed E-state index contributed by atoms with van der Waals surface area (Å²) in [5.74, 6) is -1.78. The van der Waals surface area contributed by atoms with Gasteiger partial charge in [-0.15, -0.1) is 0 Å². The van der Waals surface area contributed by atoms with Gasteiger partial charge in [-0.3, -0.25) is 0 Å². The quantitative estimate of drug-likeness (QED) is 0.492. The Morgan fingerprint density at radius 1 is 1.33 bits per heavy atom. The molecule has 76 valence electrons. The van der Waals surface area contributed by atoms with Crippen molar-refractivity contribution in [2.45, 2.75) is 13.0 Å². The number of rotatable bonds is 3. The summed E-state index contributed by atoms with van der Waals surface area (Å²) in [4.78, 5) is 21.7. The van der Waals surface area contributed by atoms with Crippen LogP contribution in [0.15, 0.2) is 30.3 Å². The smallest absolute Gasteiger partial charge is 1.00 e. The van der Waals surface area contributed by atoms with Crippen LogP contribution < -0.4 is 29.6 Å². The summed E-state index contributed by atoms with van der Waals surface area (Å²) in [5, 5.41) is 8.50. The van der Waals surface area contributed by atoms with Crippen molar-refractivity contribution in [2.75, 3.05) is 0 Å². The molecule has 4 nitrogen and oxygen atoms in total. The molecule has 1 N–H and O–H groups in total. The van der Waals surface area contributed by atoms with Crippen molar-refractivity contribution in [3.8, 4) is 0 Å². The van der Waals surface area contributed by atoms with Crippen molar-refractivity contribution < 1.29 is 50.4 Å². The number of esters is 1. The van der Waals surface area contributed by atoms with Crippen molar-refractivity contribution in [3.05, 3.63) is 35.9 Å². The van der Waals surface area contributed by atoms with Gasteiger partial charge in [0, 0.05) is 0 Å². The number of carboxylic acid groups (broad SMARTS) is 1. The third-order valence-corrected chi connectivity index (χ3v) is 1.64. The van der Waals surface area contributed by atoms with Gasteiger partial charge in [0.25, 0.3) is 0 Å². The summed E-state index contributed by atoms with van der Waals surface area (Å²) >= 11 is 0. The molecule has 0 spiro atoms. The van der Waals surface area contributed by atoms with E-state index in [0.717, 1.165) is 0 Å². The molecule has 0 aliphatic heterocycles. The zero-order valence-corrected chi connectivity index (χ0v) is 10.6. The van der Waals surface area contributed by atoms with Crippen LogP contribution in [0.1, 0.15) is 18.7 Å². The second-order valence-electron chi connectivity index (χ2n) is 2.75. The van der Waals surface area contributed by atoms with Crippen LogP contribution in [0.2, 0.25) is 0 Å². The first-order valence-corrected chi connectivity index (χ1v) is 4.10. The fraction of sp³-hybridized carbons (Fsp3) is 0.200. The Balaban J connectivity index is 0. The molecule has 0 aliphatic rings. The molecular weight excluding hydrogens is 207 g/mol. The van der Waals surface area contributed by atoms with Gasteiger partial charge in [-0.1, -0.05) is 18.2 Å². The predicted octanol–water partition coefficient (Wildman–Crippen LogP) is -1.57. The second kappa shape index (κ2) is 6.61. The molecule has 0 radical (unpaired) electrons. The van der Waals surface area contributed by atoms with Gasteiger partial charge < -0.3 is 11.3 Å². The van der Waals surface area contributed by atoms with Crippen LogP contribution in [-0.2, 0) is 9.53 Å². The van der Waals surface area contributed by atoms with Gasteiger partial charge in [-0.05, 0) is 19.1 Å². The van der Waals surface area contributed by atoms with E-state index in [1.54, 1.807) is 30.3 Å². The molecule has 0 amide bonds. The largest absolute Gasteiger partial charge is 1.00 e. The maximum absolute atomic E-state index is 11.3. The maximum Gasteiger partial charge on any atom is 1.00 e. The van der Waals surface area contributed by atoms with Crippen LogP contribution in [0.25, 0.3) is 0 Å². The van der Waals surface area contributed by atoms with E-state index in [1.165, 1.54) is 6.92 Å². The first kappa shape index (κ1) is 14.2. The van der Waals surface area contributed by atoms with Crippen LogP contribution in [-0.4, -0.2) is 23.1 Å². The molecule has 0 bridgehead atoms. The third-order valence-electron chi connectivity index (χ3n) is 1.64. The van der Waals surface area contributed by atoms with Gasteiger partial charge >= 0.3 is 41.5 Å². The topological polar surface area (TPSA) is 63.6 Å². The van der Waals surface area contributed by atoms with E-state index in [1.807, 2.05) is 0 Å². The number of aliphatic carboxylic acids is 1. The number of carboxylic acids is 1. The molecule has 0 saturated heterocycles. The molecular formula is C10H11NaO4. The Morgan fingerprint density at radius 3 is 2.33 bits per heavy atom. The molecule has 15 heavy (non-hydrogen) atoms. The average Bonchev–Trinajstić information content (AvgIpc) is 2.19. The van der Waals surface area contributed by atoms with E-state index in [4.69, 9.17) is 5.11 Å². The first-order chi connectivity index (χ1) is 6.61. The van der Waals surface area contributed by atoms with Crippen molar-refractivity contribution in [1.29, 1.82) is 0 Å². The Bertz CT molecular complexity index is 342. The number of carbonyl (C=O) groups excluding carboxylic acids is 1. The standard InChI is InChI=1S/C10H10O4.Na.H/c1-7(9(11)12)14-10(13)8-5-3-2-4-6-8;;/h2-7H,1H3,(H,11,12);;/q;+1;-1. The fourth-order valence-electron chi connectivity index (χ4n) is 0.853. The van der Waals surface area contributed by atoms with Crippen molar-refractivity contribution in [3.63, 3.8) is 0 Å². The van der Waals surface area contributed by atoms with E-state index in [9.17, 15) is 9.59 Å². The SMILES string of the molecule is CC(OC(=O)c1ccccc1)C(=O)O.[H-].[Na+]. The van der Waals surface area contributed by atoms with Gasteiger partial charge in [0.15, 0.2) is 6.10 Å². The van der Waals surface area contributed by atoms with E-state index < -0.39 is 18.0 Å². The maximum atomic E-state index is 11.3. The molecule has 0 aliphatic carbocycles. The molecule has 1 atom stereocenters. The van der Waals surface area contributed by atoms with Crippen molar-refractivity contribution in [2.24, 2.45) is 0 Å². The number of hydrogen-bond donors (Lipinski definition) is 1. The van der Waals surface area contributed by atoms with Crippen LogP contribution in [0.3, 0.4) is 0 Å². The molecule has 0 heterocycles. The third kappa shape index (κ3) is 4.46. The molecule has 1 unspecified atom stereocenters. The van der Waals surface area contributed by atoms with Crippen molar-refractivity contribution in [1.82, 2.24) is 0 Å².